The van der Waals surface area contributed by atoms with Crippen LogP contribution in [0.4, 0.5) is 0 Å². The third-order valence-corrected chi connectivity index (χ3v) is 3.36. The Morgan fingerprint density at radius 1 is 1.20 bits per heavy atom. The van der Waals surface area contributed by atoms with Gasteiger partial charge in [-0.25, -0.2) is 4.79 Å². The Labute approximate surface area is 146 Å². The fourth-order valence-electron chi connectivity index (χ4n) is 2.10. The van der Waals surface area contributed by atoms with E-state index in [1.165, 1.54) is 7.11 Å². The summed E-state index contributed by atoms with van der Waals surface area (Å²) in [4.78, 5) is 35.0. The van der Waals surface area contributed by atoms with Gasteiger partial charge in [-0.05, 0) is 18.1 Å². The Hall–Kier alpha value is -2.61. The normalized spacial score (nSPS) is 11.7. The summed E-state index contributed by atoms with van der Waals surface area (Å²) in [6.07, 6.45) is 0. The number of methoxy groups -OCH3 is 1. The molecule has 0 radical (unpaired) electrons. The molecule has 0 fully saturated rings. The lowest BCUT2D eigenvalue weighted by molar-refractivity contribution is -0.142. The highest BCUT2D eigenvalue weighted by molar-refractivity contribution is 5.99. The van der Waals surface area contributed by atoms with E-state index in [9.17, 15) is 14.4 Å². The van der Waals surface area contributed by atoms with Crippen LogP contribution >= 0.6 is 0 Å². The van der Waals surface area contributed by atoms with Gasteiger partial charge in [0.15, 0.2) is 0 Å². The van der Waals surface area contributed by atoms with Gasteiger partial charge in [-0.2, -0.15) is 0 Å². The van der Waals surface area contributed by atoms with Crippen molar-refractivity contribution in [1.29, 1.82) is 0 Å². The number of rotatable bonds is 10. The van der Waals surface area contributed by atoms with Crippen LogP contribution in [0.5, 0.6) is 5.75 Å². The lowest BCUT2D eigenvalue weighted by Gasteiger charge is -2.22. The number of nitrogens with one attached hydrogen (secondary N) is 2. The highest BCUT2D eigenvalue weighted by Gasteiger charge is 2.25. The number of carboxylic acids is 1. The number of hydrogen-bond donors (Lipinski definition) is 3. The topological polar surface area (TPSA) is 114 Å². The first kappa shape index (κ1) is 20.4. The molecule has 0 saturated heterocycles. The van der Waals surface area contributed by atoms with E-state index in [-0.39, 0.29) is 25.0 Å². The number of benzene rings is 1. The minimum Gasteiger partial charge on any atom is -0.496 e. The van der Waals surface area contributed by atoms with Crippen molar-refractivity contribution in [3.05, 3.63) is 29.8 Å². The molecule has 0 spiro atoms. The first-order valence-corrected chi connectivity index (χ1v) is 7.88. The Balaban J connectivity index is 2.62. The van der Waals surface area contributed by atoms with Crippen LogP contribution in [-0.2, 0) is 14.3 Å². The van der Waals surface area contributed by atoms with Crippen LogP contribution in [0.15, 0.2) is 24.3 Å². The number of carbonyl (C=O) groups is 3. The number of carbonyl (C=O) groups excluding carboxylic acids is 2. The van der Waals surface area contributed by atoms with Gasteiger partial charge in [0.25, 0.3) is 5.91 Å². The van der Waals surface area contributed by atoms with Crippen molar-refractivity contribution in [3.63, 3.8) is 0 Å². The molecule has 0 aliphatic heterocycles. The smallest absolute Gasteiger partial charge is 0.329 e. The molecule has 3 N–H and O–H groups in total. The lowest BCUT2D eigenvalue weighted by Crippen LogP contribution is -2.50. The maximum Gasteiger partial charge on any atom is 0.329 e. The van der Waals surface area contributed by atoms with Gasteiger partial charge in [0.2, 0.25) is 5.91 Å². The average molecular weight is 352 g/mol. The van der Waals surface area contributed by atoms with Gasteiger partial charge in [-0.15, -0.1) is 0 Å². The molecule has 2 amide bonds. The summed E-state index contributed by atoms with van der Waals surface area (Å²) in [6.45, 7) is 3.43. The number of aliphatic carboxylic acids is 1. The zero-order valence-corrected chi connectivity index (χ0v) is 14.6. The van der Waals surface area contributed by atoms with Crippen molar-refractivity contribution in [1.82, 2.24) is 10.6 Å². The van der Waals surface area contributed by atoms with Gasteiger partial charge in [0, 0.05) is 6.54 Å². The number of amides is 2. The van der Waals surface area contributed by atoms with Crippen LogP contribution in [0.3, 0.4) is 0 Å². The van der Waals surface area contributed by atoms with Crippen molar-refractivity contribution in [3.8, 4) is 5.75 Å². The lowest BCUT2D eigenvalue weighted by atomic mass is 10.0. The average Bonchev–Trinajstić information content (AvgIpc) is 2.58. The molecule has 1 atom stereocenters. The van der Waals surface area contributed by atoms with E-state index in [1.54, 1.807) is 24.3 Å². The van der Waals surface area contributed by atoms with Gasteiger partial charge in [0.1, 0.15) is 18.4 Å². The molecule has 0 aliphatic rings. The Bertz CT molecular complexity index is 603. The summed E-state index contributed by atoms with van der Waals surface area (Å²) in [5.41, 5.74) is 0.341. The quantitative estimate of drug-likeness (QED) is 0.533. The molecule has 8 heteroatoms. The molecule has 0 bridgehead atoms. The predicted octanol–water partition coefficient (Wildman–Crippen LogP) is 0.667. The first-order valence-electron chi connectivity index (χ1n) is 7.88. The molecule has 0 aliphatic carbocycles. The van der Waals surface area contributed by atoms with Crippen LogP contribution < -0.4 is 15.4 Å². The zero-order chi connectivity index (χ0) is 18.8. The second-order valence-corrected chi connectivity index (χ2v) is 5.63. The maximum atomic E-state index is 12.4. The van der Waals surface area contributed by atoms with Crippen LogP contribution in [0.1, 0.15) is 24.2 Å². The third-order valence-electron chi connectivity index (χ3n) is 3.36. The summed E-state index contributed by atoms with van der Waals surface area (Å²) in [5, 5.41) is 13.8. The molecule has 1 aromatic carbocycles. The molecule has 0 aromatic heterocycles. The van der Waals surface area contributed by atoms with E-state index in [1.807, 2.05) is 13.8 Å². The molecular weight excluding hydrogens is 328 g/mol. The summed E-state index contributed by atoms with van der Waals surface area (Å²) in [7, 11) is 1.47. The summed E-state index contributed by atoms with van der Waals surface area (Å²) in [6, 6.07) is 6.00. The maximum absolute atomic E-state index is 12.4. The van der Waals surface area contributed by atoms with E-state index in [2.05, 4.69) is 10.6 Å². The third kappa shape index (κ3) is 6.80. The van der Waals surface area contributed by atoms with E-state index < -0.39 is 24.5 Å². The standard InChI is InChI=1S/C17H24N2O6/c1-11(2)15(17(23)18-8-9-25-10-14(20)21)19-16(22)12-6-4-5-7-13(12)24-3/h4-7,11,15H,8-10H2,1-3H3,(H,18,23)(H,19,22)(H,20,21). The van der Waals surface area contributed by atoms with Gasteiger partial charge < -0.3 is 25.2 Å². The van der Waals surface area contributed by atoms with E-state index in [4.69, 9.17) is 14.6 Å². The number of hydrogen-bond acceptors (Lipinski definition) is 5. The zero-order valence-electron chi connectivity index (χ0n) is 14.6. The van der Waals surface area contributed by atoms with Gasteiger partial charge in [-0.3, -0.25) is 9.59 Å². The Morgan fingerprint density at radius 3 is 2.48 bits per heavy atom. The minimum atomic E-state index is -1.07. The first-order chi connectivity index (χ1) is 11.9. The van der Waals surface area contributed by atoms with Crippen molar-refractivity contribution >= 4 is 17.8 Å². The molecule has 8 nitrogen and oxygen atoms in total. The highest BCUT2D eigenvalue weighted by atomic mass is 16.5. The molecule has 25 heavy (non-hydrogen) atoms. The van der Waals surface area contributed by atoms with Crippen molar-refractivity contribution in [2.24, 2.45) is 5.92 Å². The fraction of sp³-hybridized carbons (Fsp3) is 0.471. The van der Waals surface area contributed by atoms with Gasteiger partial charge in [0.05, 0.1) is 19.3 Å². The Morgan fingerprint density at radius 2 is 1.88 bits per heavy atom. The van der Waals surface area contributed by atoms with Crippen molar-refractivity contribution in [2.75, 3.05) is 26.9 Å². The fourth-order valence-corrected chi connectivity index (χ4v) is 2.10. The van der Waals surface area contributed by atoms with E-state index in [0.717, 1.165) is 0 Å². The highest BCUT2D eigenvalue weighted by Crippen LogP contribution is 2.17. The summed E-state index contributed by atoms with van der Waals surface area (Å²) >= 11 is 0. The largest absolute Gasteiger partial charge is 0.496 e. The second kappa shape index (κ2) is 10.3. The van der Waals surface area contributed by atoms with Crippen molar-refractivity contribution < 1.29 is 29.0 Å². The molecule has 138 valence electrons. The summed E-state index contributed by atoms with van der Waals surface area (Å²) in [5.74, 6) is -1.57. The van der Waals surface area contributed by atoms with E-state index >= 15 is 0 Å². The minimum absolute atomic E-state index is 0.0727. The van der Waals surface area contributed by atoms with Crippen molar-refractivity contribution in [2.45, 2.75) is 19.9 Å². The second-order valence-electron chi connectivity index (χ2n) is 5.63. The number of para-hydroxylation sites is 1. The molecule has 0 saturated carbocycles. The van der Waals surface area contributed by atoms with E-state index in [0.29, 0.717) is 11.3 Å². The predicted molar refractivity (Wildman–Crippen MR) is 90.6 cm³/mol. The van der Waals surface area contributed by atoms with Crippen LogP contribution in [0, 0.1) is 5.92 Å². The SMILES string of the molecule is COc1ccccc1C(=O)NC(C(=O)NCCOCC(=O)O)C(C)C. The molecule has 0 heterocycles. The Kier molecular flexibility index (Phi) is 8.42. The number of carboxylic acid groups (broad SMARTS) is 1. The number of ether oxygens (including phenoxy) is 2. The molecule has 1 aromatic rings. The van der Waals surface area contributed by atoms with Gasteiger partial charge in [-0.1, -0.05) is 26.0 Å². The summed E-state index contributed by atoms with van der Waals surface area (Å²) < 4.78 is 10.0. The molecular formula is C17H24N2O6. The van der Waals surface area contributed by atoms with Crippen LogP contribution in [-0.4, -0.2) is 55.8 Å². The van der Waals surface area contributed by atoms with Crippen LogP contribution in [0.2, 0.25) is 0 Å². The van der Waals surface area contributed by atoms with Crippen LogP contribution in [0.25, 0.3) is 0 Å². The molecule has 1 unspecified atom stereocenters. The van der Waals surface area contributed by atoms with Gasteiger partial charge >= 0.3 is 5.97 Å². The monoisotopic (exact) mass is 352 g/mol. The molecule has 1 rings (SSSR count).